The van der Waals surface area contributed by atoms with Gasteiger partial charge in [0.2, 0.25) is 0 Å². The van der Waals surface area contributed by atoms with Crippen LogP contribution in [0.1, 0.15) is 5.56 Å². The molecule has 0 nitrogen and oxygen atoms in total. The van der Waals surface area contributed by atoms with Crippen LogP contribution in [-0.4, -0.2) is 0 Å². The first-order chi connectivity index (χ1) is 6.24. The second kappa shape index (κ2) is 4.04. The summed E-state index contributed by atoms with van der Waals surface area (Å²) < 4.78 is 2.50. The molecule has 1 heterocycles. The van der Waals surface area contributed by atoms with Crippen LogP contribution in [0.2, 0.25) is 5.02 Å². The van der Waals surface area contributed by atoms with Crippen molar-refractivity contribution in [3.63, 3.8) is 0 Å². The Hall–Kier alpha value is 0.680. The van der Waals surface area contributed by atoms with Crippen molar-refractivity contribution in [2.45, 2.75) is 5.33 Å². The molecule has 0 spiro atoms. The molecule has 13 heavy (non-hydrogen) atoms. The van der Waals surface area contributed by atoms with Gasteiger partial charge in [-0.2, -0.15) is 0 Å². The zero-order valence-electron chi connectivity index (χ0n) is 6.48. The van der Waals surface area contributed by atoms with E-state index >= 15 is 0 Å². The third kappa shape index (κ3) is 1.76. The molecule has 1 aromatic heterocycles. The maximum Gasteiger partial charge on any atom is 0.0544 e. The van der Waals surface area contributed by atoms with Gasteiger partial charge in [-0.3, -0.25) is 0 Å². The molecule has 0 aliphatic carbocycles. The highest BCUT2D eigenvalue weighted by molar-refractivity contribution is 14.1. The summed E-state index contributed by atoms with van der Waals surface area (Å²) in [6.45, 7) is 0. The standard InChI is InChI=1S/C9H5BrClIS/c10-3-5-1-2-7-8(9(5)11)6(12)4-13-7/h1-2,4H,3H2. The molecular formula is C9H5BrClIS. The van der Waals surface area contributed by atoms with Crippen LogP contribution in [0.3, 0.4) is 0 Å². The zero-order valence-corrected chi connectivity index (χ0v) is 11.8. The number of hydrogen-bond donors (Lipinski definition) is 0. The third-order valence-electron chi connectivity index (χ3n) is 1.86. The Bertz CT molecular complexity index is 452. The molecule has 0 aliphatic rings. The largest absolute Gasteiger partial charge is 0.143 e. The van der Waals surface area contributed by atoms with Crippen LogP contribution in [-0.2, 0) is 5.33 Å². The number of halogens is 3. The van der Waals surface area contributed by atoms with Crippen LogP contribution >= 0.6 is 61.5 Å². The number of fused-ring (bicyclic) bond motifs is 1. The molecule has 2 aromatic rings. The van der Waals surface area contributed by atoms with Gasteiger partial charge in [0, 0.05) is 24.4 Å². The molecular weight excluding hydrogens is 382 g/mol. The molecule has 0 unspecified atom stereocenters. The van der Waals surface area contributed by atoms with Gasteiger partial charge in [0.1, 0.15) is 0 Å². The van der Waals surface area contributed by atoms with Crippen LogP contribution in [0.5, 0.6) is 0 Å². The Morgan fingerprint density at radius 2 is 2.23 bits per heavy atom. The summed E-state index contributed by atoms with van der Waals surface area (Å²) in [5, 5.41) is 5.03. The Kier molecular flexibility index (Phi) is 3.18. The molecule has 0 fully saturated rings. The molecule has 4 heteroatoms. The van der Waals surface area contributed by atoms with E-state index in [1.165, 1.54) is 13.7 Å². The number of thiophene rings is 1. The molecule has 0 atom stereocenters. The van der Waals surface area contributed by atoms with E-state index in [9.17, 15) is 0 Å². The smallest absolute Gasteiger partial charge is 0.0544 e. The van der Waals surface area contributed by atoms with Gasteiger partial charge in [0.05, 0.1) is 5.02 Å². The van der Waals surface area contributed by atoms with Crippen LogP contribution < -0.4 is 0 Å². The maximum absolute atomic E-state index is 6.26. The lowest BCUT2D eigenvalue weighted by molar-refractivity contribution is 1.47. The highest BCUT2D eigenvalue weighted by Gasteiger charge is 2.08. The minimum atomic E-state index is 0.813. The summed E-state index contributed by atoms with van der Waals surface area (Å²) in [6, 6.07) is 4.20. The molecule has 0 saturated carbocycles. The fourth-order valence-electron chi connectivity index (χ4n) is 1.20. The average molecular weight is 387 g/mol. The fraction of sp³-hybridized carbons (Fsp3) is 0.111. The van der Waals surface area contributed by atoms with Crippen molar-refractivity contribution >= 4 is 71.5 Å². The summed E-state index contributed by atoms with van der Waals surface area (Å²) in [6.07, 6.45) is 0. The van der Waals surface area contributed by atoms with Crippen LogP contribution in [0.25, 0.3) is 10.1 Å². The number of benzene rings is 1. The molecule has 0 N–H and O–H groups in total. The van der Waals surface area contributed by atoms with Crippen LogP contribution in [0, 0.1) is 3.57 Å². The van der Waals surface area contributed by atoms with Crippen molar-refractivity contribution in [1.29, 1.82) is 0 Å². The van der Waals surface area contributed by atoms with E-state index in [0.717, 1.165) is 15.9 Å². The van der Waals surface area contributed by atoms with Gasteiger partial charge in [-0.05, 0) is 34.2 Å². The predicted molar refractivity (Wildman–Crippen MR) is 72.2 cm³/mol. The number of rotatable bonds is 1. The molecule has 0 bridgehead atoms. The SMILES string of the molecule is Clc1c(CBr)ccc2scc(I)c12. The predicted octanol–water partition coefficient (Wildman–Crippen LogP) is 5.05. The van der Waals surface area contributed by atoms with Gasteiger partial charge in [-0.15, -0.1) is 11.3 Å². The Balaban J connectivity index is 2.83. The normalized spacial score (nSPS) is 11.0. The first-order valence-electron chi connectivity index (χ1n) is 3.64. The van der Waals surface area contributed by atoms with Crippen molar-refractivity contribution in [2.24, 2.45) is 0 Å². The summed E-state index contributed by atoms with van der Waals surface area (Å²) in [7, 11) is 0. The quantitative estimate of drug-likeness (QED) is 0.474. The molecule has 2 rings (SSSR count). The van der Waals surface area contributed by atoms with E-state index in [1.807, 2.05) is 0 Å². The molecule has 1 aromatic carbocycles. The molecule has 0 aliphatic heterocycles. The first-order valence-corrected chi connectivity index (χ1v) is 7.10. The third-order valence-corrected chi connectivity index (χ3v) is 5.11. The van der Waals surface area contributed by atoms with E-state index in [1.54, 1.807) is 11.3 Å². The lowest BCUT2D eigenvalue weighted by Gasteiger charge is -2.01. The highest BCUT2D eigenvalue weighted by Crippen LogP contribution is 2.35. The van der Waals surface area contributed by atoms with Crippen molar-refractivity contribution in [2.75, 3.05) is 0 Å². The van der Waals surface area contributed by atoms with E-state index in [4.69, 9.17) is 11.6 Å². The topological polar surface area (TPSA) is 0 Å². The lowest BCUT2D eigenvalue weighted by atomic mass is 10.2. The van der Waals surface area contributed by atoms with Gasteiger partial charge in [0.15, 0.2) is 0 Å². The van der Waals surface area contributed by atoms with Crippen molar-refractivity contribution in [3.05, 3.63) is 31.7 Å². The van der Waals surface area contributed by atoms with Crippen molar-refractivity contribution in [1.82, 2.24) is 0 Å². The Morgan fingerprint density at radius 3 is 2.92 bits per heavy atom. The van der Waals surface area contributed by atoms with Gasteiger partial charge in [0.25, 0.3) is 0 Å². The maximum atomic E-state index is 6.26. The Labute approximate surface area is 108 Å². The Morgan fingerprint density at radius 1 is 1.46 bits per heavy atom. The summed E-state index contributed by atoms with van der Waals surface area (Å²) >= 11 is 13.7. The fourth-order valence-corrected chi connectivity index (χ4v) is 4.33. The van der Waals surface area contributed by atoms with Gasteiger partial charge in [-0.1, -0.05) is 33.6 Å². The number of alkyl halides is 1. The van der Waals surface area contributed by atoms with Crippen molar-refractivity contribution < 1.29 is 0 Å². The summed E-state index contributed by atoms with van der Waals surface area (Å²) in [4.78, 5) is 0. The average Bonchev–Trinajstić information content (AvgIpc) is 2.49. The van der Waals surface area contributed by atoms with Gasteiger partial charge >= 0.3 is 0 Å². The van der Waals surface area contributed by atoms with Gasteiger partial charge < -0.3 is 0 Å². The van der Waals surface area contributed by atoms with Crippen molar-refractivity contribution in [3.8, 4) is 0 Å². The summed E-state index contributed by atoms with van der Waals surface area (Å²) in [5.74, 6) is 0. The monoisotopic (exact) mass is 386 g/mol. The van der Waals surface area contributed by atoms with Gasteiger partial charge in [-0.25, -0.2) is 0 Å². The molecule has 0 saturated heterocycles. The van der Waals surface area contributed by atoms with Crippen LogP contribution in [0.15, 0.2) is 17.5 Å². The van der Waals surface area contributed by atoms with E-state index in [0.29, 0.717) is 0 Å². The van der Waals surface area contributed by atoms with E-state index in [-0.39, 0.29) is 0 Å². The minimum Gasteiger partial charge on any atom is -0.143 e. The second-order valence-corrected chi connectivity index (χ2v) is 5.64. The first kappa shape index (κ1) is 10.2. The minimum absolute atomic E-state index is 0.813. The summed E-state index contributed by atoms with van der Waals surface area (Å²) in [5.41, 5.74) is 1.16. The van der Waals surface area contributed by atoms with Crippen LogP contribution in [0.4, 0.5) is 0 Å². The number of hydrogen-bond acceptors (Lipinski definition) is 1. The molecule has 68 valence electrons. The zero-order chi connectivity index (χ0) is 9.42. The second-order valence-electron chi connectivity index (χ2n) is 2.63. The van der Waals surface area contributed by atoms with E-state index in [2.05, 4.69) is 56.0 Å². The highest BCUT2D eigenvalue weighted by atomic mass is 127. The molecule has 0 radical (unpaired) electrons. The van der Waals surface area contributed by atoms with E-state index < -0.39 is 0 Å². The molecule has 0 amide bonds. The lowest BCUT2D eigenvalue weighted by Crippen LogP contribution is -1.80.